The van der Waals surface area contributed by atoms with Crippen LogP contribution in [-0.4, -0.2) is 11.8 Å². The van der Waals surface area contributed by atoms with Gasteiger partial charge in [-0.1, -0.05) is 17.3 Å². The van der Waals surface area contributed by atoms with Crippen LogP contribution in [0, 0.1) is 0 Å². The van der Waals surface area contributed by atoms with Crippen molar-refractivity contribution in [2.75, 3.05) is 12.3 Å². The molecule has 4 nitrogen and oxygen atoms in total. The number of ether oxygens (including phenoxy) is 1. The second-order valence-electron chi connectivity index (χ2n) is 3.73. The van der Waals surface area contributed by atoms with Gasteiger partial charge in [-0.15, -0.1) is 0 Å². The van der Waals surface area contributed by atoms with Gasteiger partial charge in [-0.2, -0.15) is 13.2 Å². The lowest BCUT2D eigenvalue weighted by molar-refractivity contribution is -0.142. The van der Waals surface area contributed by atoms with Gasteiger partial charge < -0.3 is 15.0 Å². The van der Waals surface area contributed by atoms with Gasteiger partial charge in [0, 0.05) is 0 Å². The van der Waals surface area contributed by atoms with E-state index in [2.05, 4.69) is 9.68 Å². The van der Waals surface area contributed by atoms with E-state index in [1.807, 2.05) is 6.92 Å². The molecule has 0 aliphatic carbocycles. The minimum atomic E-state index is -4.62. The molecule has 102 valence electrons. The second-order valence-corrected chi connectivity index (χ2v) is 3.73. The molecular formula is C12H11F3N2O2. The highest BCUT2D eigenvalue weighted by Crippen LogP contribution is 2.39. The molecular weight excluding hydrogens is 261 g/mol. The number of anilines is 1. The third-order valence-electron chi connectivity index (χ3n) is 2.44. The van der Waals surface area contributed by atoms with Crippen molar-refractivity contribution in [3.63, 3.8) is 0 Å². The van der Waals surface area contributed by atoms with E-state index in [1.165, 1.54) is 12.1 Å². The van der Waals surface area contributed by atoms with Crippen molar-refractivity contribution in [3.8, 4) is 16.9 Å². The Morgan fingerprint density at radius 3 is 2.42 bits per heavy atom. The fourth-order valence-corrected chi connectivity index (χ4v) is 1.66. The summed E-state index contributed by atoms with van der Waals surface area (Å²) in [6, 6.07) is 6.07. The molecule has 0 spiro atoms. The molecule has 0 amide bonds. The SMILES string of the molecule is CCOc1ccc(-c2c(C(F)(F)F)noc2N)cc1. The Balaban J connectivity index is 2.44. The summed E-state index contributed by atoms with van der Waals surface area (Å²) in [5.74, 6) is 0.200. The van der Waals surface area contributed by atoms with Crippen molar-refractivity contribution in [2.45, 2.75) is 13.1 Å². The number of nitrogens with two attached hydrogens (primary N) is 1. The van der Waals surface area contributed by atoms with Gasteiger partial charge in [0.25, 0.3) is 0 Å². The van der Waals surface area contributed by atoms with Crippen molar-refractivity contribution in [1.82, 2.24) is 5.16 Å². The molecule has 1 aromatic heterocycles. The zero-order chi connectivity index (χ0) is 14.0. The van der Waals surface area contributed by atoms with E-state index in [1.54, 1.807) is 12.1 Å². The average molecular weight is 272 g/mol. The van der Waals surface area contributed by atoms with Crippen LogP contribution in [-0.2, 0) is 6.18 Å². The minimum Gasteiger partial charge on any atom is -0.494 e. The van der Waals surface area contributed by atoms with Crippen LogP contribution in [0.15, 0.2) is 28.8 Å². The molecule has 0 aliphatic heterocycles. The number of alkyl halides is 3. The number of hydrogen-bond donors (Lipinski definition) is 1. The highest BCUT2D eigenvalue weighted by Gasteiger charge is 2.39. The molecule has 2 aromatic rings. The summed E-state index contributed by atoms with van der Waals surface area (Å²) >= 11 is 0. The Kier molecular flexibility index (Phi) is 3.37. The van der Waals surface area contributed by atoms with Crippen molar-refractivity contribution in [1.29, 1.82) is 0 Å². The minimum absolute atomic E-state index is 0.254. The summed E-state index contributed by atoms with van der Waals surface area (Å²) in [6.07, 6.45) is -4.62. The Bertz CT molecular complexity index is 561. The zero-order valence-corrected chi connectivity index (χ0v) is 9.99. The topological polar surface area (TPSA) is 61.3 Å². The molecule has 0 unspecified atom stereocenters. The smallest absolute Gasteiger partial charge is 0.437 e. The van der Waals surface area contributed by atoms with E-state index in [0.717, 1.165) is 0 Å². The second kappa shape index (κ2) is 4.83. The highest BCUT2D eigenvalue weighted by atomic mass is 19.4. The molecule has 0 bridgehead atoms. The Labute approximate surface area is 106 Å². The first-order valence-electron chi connectivity index (χ1n) is 5.49. The Morgan fingerprint density at radius 1 is 1.26 bits per heavy atom. The van der Waals surface area contributed by atoms with Gasteiger partial charge in [-0.05, 0) is 24.6 Å². The molecule has 7 heteroatoms. The third kappa shape index (κ3) is 2.64. The molecule has 0 saturated heterocycles. The first kappa shape index (κ1) is 13.3. The maximum atomic E-state index is 12.7. The van der Waals surface area contributed by atoms with Crippen molar-refractivity contribution >= 4 is 5.88 Å². The summed E-state index contributed by atoms with van der Waals surface area (Å²) in [5, 5.41) is 2.97. The zero-order valence-electron chi connectivity index (χ0n) is 9.99. The summed E-state index contributed by atoms with van der Waals surface area (Å²) in [4.78, 5) is 0. The van der Waals surface area contributed by atoms with E-state index in [0.29, 0.717) is 12.4 Å². The van der Waals surface area contributed by atoms with Crippen LogP contribution in [0.25, 0.3) is 11.1 Å². The lowest BCUT2D eigenvalue weighted by atomic mass is 10.1. The summed E-state index contributed by atoms with van der Waals surface area (Å²) in [5.41, 5.74) is 4.29. The number of hydrogen-bond acceptors (Lipinski definition) is 4. The number of aromatic nitrogens is 1. The monoisotopic (exact) mass is 272 g/mol. The van der Waals surface area contributed by atoms with E-state index in [9.17, 15) is 13.2 Å². The number of benzene rings is 1. The number of halogens is 3. The van der Waals surface area contributed by atoms with E-state index in [4.69, 9.17) is 10.5 Å². The summed E-state index contributed by atoms with van der Waals surface area (Å²) in [7, 11) is 0. The number of nitrogen functional groups attached to an aromatic ring is 1. The average Bonchev–Trinajstić information content (AvgIpc) is 2.72. The molecule has 1 aromatic carbocycles. The van der Waals surface area contributed by atoms with Crippen LogP contribution in [0.5, 0.6) is 5.75 Å². The molecule has 0 aliphatic rings. The summed E-state index contributed by atoms with van der Waals surface area (Å²) < 4.78 is 47.9. The lowest BCUT2D eigenvalue weighted by Crippen LogP contribution is -2.07. The van der Waals surface area contributed by atoms with Crippen LogP contribution in [0.1, 0.15) is 12.6 Å². The summed E-state index contributed by atoms with van der Waals surface area (Å²) in [6.45, 7) is 2.29. The molecule has 0 saturated carbocycles. The van der Waals surface area contributed by atoms with Crippen molar-refractivity contribution in [2.24, 2.45) is 0 Å². The molecule has 0 fully saturated rings. The maximum absolute atomic E-state index is 12.7. The predicted octanol–water partition coefficient (Wildman–Crippen LogP) is 3.34. The fraction of sp³-hybridized carbons (Fsp3) is 0.250. The highest BCUT2D eigenvalue weighted by molar-refractivity contribution is 5.75. The van der Waals surface area contributed by atoms with Gasteiger partial charge >= 0.3 is 6.18 Å². The van der Waals surface area contributed by atoms with Crippen LogP contribution in [0.4, 0.5) is 19.1 Å². The van der Waals surface area contributed by atoms with Crippen LogP contribution in [0.2, 0.25) is 0 Å². The van der Waals surface area contributed by atoms with Gasteiger partial charge in [0.05, 0.1) is 12.2 Å². The molecule has 1 heterocycles. The quantitative estimate of drug-likeness (QED) is 0.930. The molecule has 2 N–H and O–H groups in total. The van der Waals surface area contributed by atoms with E-state index >= 15 is 0 Å². The normalized spacial score (nSPS) is 11.6. The largest absolute Gasteiger partial charge is 0.494 e. The molecule has 0 atom stereocenters. The number of nitrogens with zero attached hydrogens (tertiary/aromatic N) is 1. The standard InChI is InChI=1S/C12H11F3N2O2/c1-2-18-8-5-3-7(4-6-8)9-10(12(13,14)15)17-19-11(9)16/h3-6H,2,16H2,1H3. The molecule has 0 radical (unpaired) electrons. The predicted molar refractivity (Wildman–Crippen MR) is 62.5 cm³/mol. The first-order valence-corrected chi connectivity index (χ1v) is 5.49. The van der Waals surface area contributed by atoms with Crippen LogP contribution >= 0.6 is 0 Å². The Morgan fingerprint density at radius 2 is 1.89 bits per heavy atom. The molecule has 2 rings (SSSR count). The van der Waals surface area contributed by atoms with Crippen LogP contribution < -0.4 is 10.5 Å². The van der Waals surface area contributed by atoms with Crippen molar-refractivity contribution < 1.29 is 22.4 Å². The van der Waals surface area contributed by atoms with Crippen LogP contribution in [0.3, 0.4) is 0 Å². The van der Waals surface area contributed by atoms with Gasteiger partial charge in [0.2, 0.25) is 5.88 Å². The number of rotatable bonds is 3. The van der Waals surface area contributed by atoms with E-state index in [-0.39, 0.29) is 17.0 Å². The van der Waals surface area contributed by atoms with Gasteiger partial charge in [-0.25, -0.2) is 0 Å². The van der Waals surface area contributed by atoms with Gasteiger partial charge in [0.15, 0.2) is 5.69 Å². The third-order valence-corrected chi connectivity index (χ3v) is 2.44. The van der Waals surface area contributed by atoms with Gasteiger partial charge in [-0.3, -0.25) is 0 Å². The fourth-order valence-electron chi connectivity index (χ4n) is 1.66. The Hall–Kier alpha value is -2.18. The molecule has 19 heavy (non-hydrogen) atoms. The van der Waals surface area contributed by atoms with Gasteiger partial charge in [0.1, 0.15) is 5.75 Å². The lowest BCUT2D eigenvalue weighted by Gasteiger charge is -2.07. The van der Waals surface area contributed by atoms with Crippen molar-refractivity contribution in [3.05, 3.63) is 30.0 Å². The maximum Gasteiger partial charge on any atom is 0.437 e. The van der Waals surface area contributed by atoms with E-state index < -0.39 is 11.9 Å². The first-order chi connectivity index (χ1) is 8.93.